The van der Waals surface area contributed by atoms with Gasteiger partial charge in [-0.05, 0) is 79.0 Å². The van der Waals surface area contributed by atoms with Crippen LogP contribution in [0.3, 0.4) is 0 Å². The van der Waals surface area contributed by atoms with Crippen molar-refractivity contribution < 1.29 is 52.7 Å². The van der Waals surface area contributed by atoms with Crippen LogP contribution in [0.15, 0.2) is 18.2 Å². The first kappa shape index (κ1) is 34.5. The van der Waals surface area contributed by atoms with Crippen LogP contribution >= 0.6 is 0 Å². The van der Waals surface area contributed by atoms with E-state index in [4.69, 9.17) is 28.4 Å². The van der Waals surface area contributed by atoms with Crippen LogP contribution < -0.4 is 14.8 Å². The van der Waals surface area contributed by atoms with Crippen LogP contribution in [0.2, 0.25) is 0 Å². The van der Waals surface area contributed by atoms with E-state index in [2.05, 4.69) is 5.32 Å². The van der Waals surface area contributed by atoms with Gasteiger partial charge in [-0.25, -0.2) is 19.2 Å². The summed E-state index contributed by atoms with van der Waals surface area (Å²) in [6.07, 6.45) is -1.81. The lowest BCUT2D eigenvalue weighted by molar-refractivity contribution is -0.167. The zero-order valence-electron chi connectivity index (χ0n) is 24.9. The number of carbonyl (C=O) groups is 4. The molecule has 0 aromatic heterocycles. The van der Waals surface area contributed by atoms with E-state index in [1.54, 1.807) is 48.5 Å². The van der Waals surface area contributed by atoms with E-state index in [1.165, 1.54) is 18.2 Å². The SMILES string of the molecule is CCCCOC(=O)O[C@](Cc1ccc(OC(=O)OC(C)(C)C)c(OC(=O)OC(C)(C)C)c1)(NC(C)CC)C(=O)O. The van der Waals surface area contributed by atoms with Crippen LogP contribution in [0.4, 0.5) is 14.4 Å². The topological polar surface area (TPSA) is 156 Å². The van der Waals surface area contributed by atoms with Gasteiger partial charge in [-0.2, -0.15) is 0 Å². The van der Waals surface area contributed by atoms with E-state index >= 15 is 0 Å². The Labute approximate surface area is 235 Å². The maximum Gasteiger partial charge on any atom is 0.514 e. The fourth-order valence-electron chi connectivity index (χ4n) is 3.10. The maximum absolute atomic E-state index is 12.5. The Hall–Kier alpha value is -3.54. The molecule has 1 unspecified atom stereocenters. The maximum atomic E-state index is 12.5. The minimum absolute atomic E-state index is 0.0684. The number of ether oxygens (including phenoxy) is 6. The summed E-state index contributed by atoms with van der Waals surface area (Å²) >= 11 is 0. The molecule has 0 saturated carbocycles. The van der Waals surface area contributed by atoms with Crippen molar-refractivity contribution in [2.75, 3.05) is 6.61 Å². The van der Waals surface area contributed by atoms with Gasteiger partial charge in [-0.3, -0.25) is 5.32 Å². The molecule has 0 spiro atoms. The summed E-state index contributed by atoms with van der Waals surface area (Å²) in [7, 11) is 0. The van der Waals surface area contributed by atoms with Gasteiger partial charge >= 0.3 is 24.4 Å². The number of carbonyl (C=O) groups excluding carboxylic acids is 3. The molecule has 0 aliphatic carbocycles. The van der Waals surface area contributed by atoms with Crippen molar-refractivity contribution in [1.82, 2.24) is 5.32 Å². The van der Waals surface area contributed by atoms with Crippen LogP contribution in [0.5, 0.6) is 11.5 Å². The lowest BCUT2D eigenvalue weighted by atomic mass is 10.00. The largest absolute Gasteiger partial charge is 0.514 e. The molecule has 226 valence electrons. The predicted octanol–water partition coefficient (Wildman–Crippen LogP) is 5.98. The molecular weight excluding hydrogens is 526 g/mol. The van der Waals surface area contributed by atoms with E-state index in [-0.39, 0.29) is 29.7 Å². The molecule has 0 heterocycles. The molecule has 1 aromatic carbocycles. The molecule has 1 rings (SSSR count). The average Bonchev–Trinajstić information content (AvgIpc) is 2.78. The van der Waals surface area contributed by atoms with Gasteiger partial charge in [0, 0.05) is 12.5 Å². The summed E-state index contributed by atoms with van der Waals surface area (Å²) < 4.78 is 31.3. The molecule has 2 N–H and O–H groups in total. The van der Waals surface area contributed by atoms with Crippen LogP contribution in [-0.4, -0.2) is 59.1 Å². The molecule has 0 bridgehead atoms. The van der Waals surface area contributed by atoms with Crippen molar-refractivity contribution >= 4 is 24.4 Å². The lowest BCUT2D eigenvalue weighted by Crippen LogP contribution is -2.59. The van der Waals surface area contributed by atoms with E-state index in [1.807, 2.05) is 13.8 Å². The van der Waals surface area contributed by atoms with Crippen molar-refractivity contribution in [3.63, 3.8) is 0 Å². The van der Waals surface area contributed by atoms with Gasteiger partial charge in [0.25, 0.3) is 5.72 Å². The highest BCUT2D eigenvalue weighted by Crippen LogP contribution is 2.32. The molecule has 0 aliphatic heterocycles. The van der Waals surface area contributed by atoms with Gasteiger partial charge in [-0.15, -0.1) is 0 Å². The third kappa shape index (κ3) is 12.5. The number of nitrogens with one attached hydrogen (secondary N) is 1. The predicted molar refractivity (Wildman–Crippen MR) is 144 cm³/mol. The van der Waals surface area contributed by atoms with E-state index in [9.17, 15) is 24.3 Å². The van der Waals surface area contributed by atoms with Crippen LogP contribution in [0, 0.1) is 0 Å². The van der Waals surface area contributed by atoms with Crippen LogP contribution in [0.1, 0.15) is 87.1 Å². The lowest BCUT2D eigenvalue weighted by Gasteiger charge is -2.32. The Bertz CT molecular complexity index is 1030. The first-order valence-electron chi connectivity index (χ1n) is 13.2. The Balaban J connectivity index is 3.46. The summed E-state index contributed by atoms with van der Waals surface area (Å²) in [6.45, 7) is 15.4. The molecule has 12 heteroatoms. The summed E-state index contributed by atoms with van der Waals surface area (Å²) in [6, 6.07) is 3.65. The second-order valence-corrected chi connectivity index (χ2v) is 11.2. The van der Waals surface area contributed by atoms with Crippen LogP contribution in [0.25, 0.3) is 0 Å². The van der Waals surface area contributed by atoms with Crippen molar-refractivity contribution in [2.24, 2.45) is 0 Å². The number of hydrogen-bond acceptors (Lipinski definition) is 11. The molecule has 40 heavy (non-hydrogen) atoms. The van der Waals surface area contributed by atoms with Crippen molar-refractivity contribution in [3.05, 3.63) is 23.8 Å². The second kappa shape index (κ2) is 14.7. The Kier molecular flexibility index (Phi) is 12.7. The normalized spacial score (nSPS) is 13.8. The standard InChI is InChI=1S/C28H43NO11/c1-10-12-15-35-23(32)40-28(22(30)31,29-18(3)11-2)17-19-13-14-20(36-24(33)38-26(4,5)6)21(16-19)37-25(34)39-27(7,8)9/h13-14,16,18,29H,10-12,15,17H2,1-9H3,(H,30,31)/t18?,28-/m0/s1. The average molecular weight is 570 g/mol. The quantitative estimate of drug-likeness (QED) is 0.0999. The third-order valence-corrected chi connectivity index (χ3v) is 5.04. The highest BCUT2D eigenvalue weighted by atomic mass is 16.8. The van der Waals surface area contributed by atoms with Gasteiger partial charge in [-0.1, -0.05) is 26.3 Å². The summed E-state index contributed by atoms with van der Waals surface area (Å²) in [4.78, 5) is 49.7. The van der Waals surface area contributed by atoms with Crippen molar-refractivity contribution in [2.45, 2.75) is 111 Å². The summed E-state index contributed by atoms with van der Waals surface area (Å²) in [5.41, 5.74) is -3.70. The molecule has 2 atom stereocenters. The summed E-state index contributed by atoms with van der Waals surface area (Å²) in [5.74, 6) is -1.89. The number of hydrogen-bond donors (Lipinski definition) is 2. The zero-order valence-corrected chi connectivity index (χ0v) is 24.9. The van der Waals surface area contributed by atoms with Crippen molar-refractivity contribution in [3.8, 4) is 11.5 Å². The fourth-order valence-corrected chi connectivity index (χ4v) is 3.10. The molecule has 0 radical (unpaired) electrons. The van der Waals surface area contributed by atoms with Gasteiger partial charge in [0.15, 0.2) is 11.5 Å². The highest BCUT2D eigenvalue weighted by Gasteiger charge is 2.45. The highest BCUT2D eigenvalue weighted by molar-refractivity contribution is 5.80. The Morgan fingerprint density at radius 3 is 1.88 bits per heavy atom. The molecule has 0 amide bonds. The molecule has 0 fully saturated rings. The van der Waals surface area contributed by atoms with Crippen LogP contribution in [-0.2, 0) is 30.2 Å². The third-order valence-electron chi connectivity index (χ3n) is 5.04. The van der Waals surface area contributed by atoms with E-state index < -0.39 is 47.8 Å². The Morgan fingerprint density at radius 1 is 0.850 bits per heavy atom. The molecular formula is C28H43NO11. The number of rotatable bonds is 12. The monoisotopic (exact) mass is 569 g/mol. The number of carboxylic acids is 1. The number of carboxylic acid groups (broad SMARTS) is 1. The zero-order chi connectivity index (χ0) is 30.7. The first-order valence-corrected chi connectivity index (χ1v) is 13.2. The second-order valence-electron chi connectivity index (χ2n) is 11.2. The fraction of sp³-hybridized carbons (Fsp3) is 0.643. The smallest absolute Gasteiger partial charge is 0.477 e. The van der Waals surface area contributed by atoms with Gasteiger partial charge in [0.2, 0.25) is 0 Å². The minimum atomic E-state index is -2.23. The molecule has 12 nitrogen and oxygen atoms in total. The van der Waals surface area contributed by atoms with E-state index in [0.717, 1.165) is 6.42 Å². The number of unbranched alkanes of at least 4 members (excludes halogenated alkanes) is 1. The molecule has 0 aliphatic rings. The minimum Gasteiger partial charge on any atom is -0.477 e. The number of aliphatic carboxylic acids is 1. The van der Waals surface area contributed by atoms with Gasteiger partial charge in [0.1, 0.15) is 11.2 Å². The molecule has 0 saturated heterocycles. The summed E-state index contributed by atoms with van der Waals surface area (Å²) in [5, 5.41) is 13.0. The van der Waals surface area contributed by atoms with Gasteiger partial charge < -0.3 is 33.5 Å². The van der Waals surface area contributed by atoms with E-state index in [0.29, 0.717) is 12.8 Å². The first-order chi connectivity index (χ1) is 18.4. The van der Waals surface area contributed by atoms with Crippen molar-refractivity contribution in [1.29, 1.82) is 0 Å². The number of benzene rings is 1. The Morgan fingerprint density at radius 2 is 1.40 bits per heavy atom. The van der Waals surface area contributed by atoms with Gasteiger partial charge in [0.05, 0.1) is 6.61 Å². The molecule has 1 aromatic rings.